The highest BCUT2D eigenvalue weighted by Crippen LogP contribution is 2.49. The molecule has 4 fully saturated rings. The Balaban J connectivity index is 1.22. The van der Waals surface area contributed by atoms with Crippen molar-refractivity contribution in [2.75, 3.05) is 37.7 Å². The van der Waals surface area contributed by atoms with Crippen molar-refractivity contribution in [3.63, 3.8) is 0 Å². The van der Waals surface area contributed by atoms with E-state index in [9.17, 15) is 14.6 Å². The Labute approximate surface area is 273 Å². The third-order valence-corrected chi connectivity index (χ3v) is 11.2. The summed E-state index contributed by atoms with van der Waals surface area (Å²) in [7, 11) is 0. The Kier molecular flexibility index (Phi) is 7.91. The van der Waals surface area contributed by atoms with Gasteiger partial charge in [-0.05, 0) is 105 Å². The van der Waals surface area contributed by atoms with Crippen LogP contribution in [0, 0.1) is 23.0 Å². The fraction of sp³-hybridized carbons (Fsp3) is 0.541. The van der Waals surface area contributed by atoms with Gasteiger partial charge in [-0.25, -0.2) is 8.78 Å². The molecule has 10 heteroatoms. The van der Waals surface area contributed by atoms with Gasteiger partial charge < -0.3 is 19.8 Å². The first kappa shape index (κ1) is 30.7. The molecule has 2 saturated carbocycles. The maximum Gasteiger partial charge on any atom is 0.319 e. The normalized spacial score (nSPS) is 25.1. The van der Waals surface area contributed by atoms with E-state index in [1.54, 1.807) is 18.3 Å². The number of aliphatic hydroxyl groups excluding tert-OH is 1. The molecule has 8 nitrogen and oxygen atoms in total. The highest BCUT2D eigenvalue weighted by molar-refractivity contribution is 6.01. The number of aromatic hydroxyl groups is 1. The molecular formula is C37H43F2N5O3. The van der Waals surface area contributed by atoms with E-state index < -0.39 is 11.9 Å². The number of ether oxygens (including phenoxy) is 1. The molecule has 8 rings (SSSR count). The Bertz CT molecular complexity index is 1830. The average Bonchev–Trinajstić information content (AvgIpc) is 3.78. The van der Waals surface area contributed by atoms with Gasteiger partial charge in [0.15, 0.2) is 5.82 Å². The lowest BCUT2D eigenvalue weighted by molar-refractivity contribution is -0.00242. The summed E-state index contributed by atoms with van der Waals surface area (Å²) in [5.41, 5.74) is 0.793. The number of hydrogen-bond acceptors (Lipinski definition) is 8. The van der Waals surface area contributed by atoms with Gasteiger partial charge in [0.1, 0.15) is 28.6 Å². The summed E-state index contributed by atoms with van der Waals surface area (Å²) in [5.74, 6) is 0.183. The number of pyridine rings is 1. The van der Waals surface area contributed by atoms with Crippen molar-refractivity contribution in [3.05, 3.63) is 47.7 Å². The van der Waals surface area contributed by atoms with Gasteiger partial charge in [0.2, 0.25) is 0 Å². The van der Waals surface area contributed by atoms with Gasteiger partial charge in [-0.15, -0.1) is 0 Å². The molecule has 3 atom stereocenters. The number of benzene rings is 2. The van der Waals surface area contributed by atoms with E-state index >= 15 is 4.39 Å². The number of likely N-dealkylation sites (tertiary alicyclic amines) is 1. The Morgan fingerprint density at radius 3 is 2.68 bits per heavy atom. The fourth-order valence-electron chi connectivity index (χ4n) is 8.77. The van der Waals surface area contributed by atoms with Crippen LogP contribution in [0.2, 0.25) is 0 Å². The van der Waals surface area contributed by atoms with Gasteiger partial charge in [-0.1, -0.05) is 19.4 Å². The van der Waals surface area contributed by atoms with E-state index in [4.69, 9.17) is 9.72 Å². The molecule has 2 aromatic carbocycles. The first-order chi connectivity index (χ1) is 22.8. The standard InChI is InChI=1S/C37H43F2N5O3/c1-2-26-29(38)11-10-23-16-25(46)17-27(31(23)26)33-32(39)34-28(18-40-33)35(44-14-4-6-24(45)20-44)42-36(41-34)47-21-37-12-3-7-30(37)43(15-5-13-37)19-22-8-9-22/h10-11,16-18,22,24,30,45-46H,2-9,12-15,19-21H2,1H3. The number of aromatic nitrogens is 3. The predicted octanol–water partition coefficient (Wildman–Crippen LogP) is 6.78. The summed E-state index contributed by atoms with van der Waals surface area (Å²) < 4.78 is 38.4. The number of piperidine rings is 2. The van der Waals surface area contributed by atoms with Gasteiger partial charge in [-0.2, -0.15) is 9.97 Å². The van der Waals surface area contributed by atoms with Crippen LogP contribution in [0.1, 0.15) is 70.3 Å². The van der Waals surface area contributed by atoms with E-state index in [0.29, 0.717) is 71.7 Å². The SMILES string of the molecule is CCc1c(F)ccc2cc(O)cc(-c3ncc4c(N5CCCC(O)C5)nc(OCC56CCCC5N(CC5CC5)CCC6)nc4c3F)c12. The lowest BCUT2D eigenvalue weighted by Crippen LogP contribution is -2.52. The number of phenolic OH excluding ortho intramolecular Hbond substituents is 1. The van der Waals surface area contributed by atoms with E-state index in [0.717, 1.165) is 38.1 Å². The van der Waals surface area contributed by atoms with Crippen LogP contribution in [0.3, 0.4) is 0 Å². The Hall–Kier alpha value is -3.63. The zero-order chi connectivity index (χ0) is 32.3. The van der Waals surface area contributed by atoms with E-state index in [-0.39, 0.29) is 34.2 Å². The molecule has 2 aromatic heterocycles. The molecule has 2 aliphatic heterocycles. The quantitative estimate of drug-likeness (QED) is 0.217. The molecule has 47 heavy (non-hydrogen) atoms. The van der Waals surface area contributed by atoms with Gasteiger partial charge in [0, 0.05) is 42.9 Å². The van der Waals surface area contributed by atoms with Gasteiger partial charge in [0.05, 0.1) is 18.1 Å². The maximum absolute atomic E-state index is 16.9. The third-order valence-electron chi connectivity index (χ3n) is 11.2. The molecule has 0 radical (unpaired) electrons. The molecule has 4 aliphatic rings. The molecule has 248 valence electrons. The van der Waals surface area contributed by atoms with Crippen molar-refractivity contribution in [1.82, 2.24) is 19.9 Å². The second kappa shape index (κ2) is 12.1. The molecule has 0 amide bonds. The number of β-amino-alcohol motifs (C(OH)–C–C–N with tert-alkyl or cyclic N) is 1. The monoisotopic (exact) mass is 643 g/mol. The topological polar surface area (TPSA) is 94.8 Å². The Morgan fingerprint density at radius 1 is 1.02 bits per heavy atom. The lowest BCUT2D eigenvalue weighted by atomic mass is 9.75. The van der Waals surface area contributed by atoms with Crippen molar-refractivity contribution in [1.29, 1.82) is 0 Å². The summed E-state index contributed by atoms with van der Waals surface area (Å²) in [4.78, 5) is 18.8. The third kappa shape index (κ3) is 5.57. The smallest absolute Gasteiger partial charge is 0.319 e. The minimum absolute atomic E-state index is 0.0228. The van der Waals surface area contributed by atoms with E-state index in [1.807, 2.05) is 11.8 Å². The maximum atomic E-state index is 16.9. The highest BCUT2D eigenvalue weighted by atomic mass is 19.1. The fourth-order valence-corrected chi connectivity index (χ4v) is 8.77. The highest BCUT2D eigenvalue weighted by Gasteiger charge is 2.49. The van der Waals surface area contributed by atoms with E-state index in [2.05, 4.69) is 14.9 Å². The second-order valence-corrected chi connectivity index (χ2v) is 14.3. The first-order valence-corrected chi connectivity index (χ1v) is 17.4. The molecule has 4 heterocycles. The molecule has 4 aromatic rings. The van der Waals surface area contributed by atoms with Crippen LogP contribution in [0.4, 0.5) is 14.6 Å². The number of halogens is 2. The number of rotatable bonds is 8. The van der Waals surface area contributed by atoms with E-state index in [1.165, 1.54) is 44.4 Å². The van der Waals surface area contributed by atoms with Crippen LogP contribution in [0.15, 0.2) is 30.5 Å². The van der Waals surface area contributed by atoms with Crippen LogP contribution in [-0.4, -0.2) is 75.0 Å². The van der Waals surface area contributed by atoms with Crippen molar-refractivity contribution in [2.45, 2.75) is 83.3 Å². The molecule has 2 N–H and O–H groups in total. The van der Waals surface area contributed by atoms with Crippen molar-refractivity contribution in [2.24, 2.45) is 11.3 Å². The largest absolute Gasteiger partial charge is 0.508 e. The predicted molar refractivity (Wildman–Crippen MR) is 178 cm³/mol. The molecule has 2 saturated heterocycles. The zero-order valence-corrected chi connectivity index (χ0v) is 27.0. The Morgan fingerprint density at radius 2 is 1.87 bits per heavy atom. The first-order valence-electron chi connectivity index (χ1n) is 17.4. The summed E-state index contributed by atoms with van der Waals surface area (Å²) in [5, 5.41) is 22.7. The number of aryl methyl sites for hydroxylation is 1. The van der Waals surface area contributed by atoms with Gasteiger partial charge in [0.25, 0.3) is 0 Å². The van der Waals surface area contributed by atoms with Crippen LogP contribution in [0.5, 0.6) is 11.8 Å². The number of phenols is 1. The van der Waals surface area contributed by atoms with Crippen LogP contribution < -0.4 is 9.64 Å². The minimum Gasteiger partial charge on any atom is -0.508 e. The minimum atomic E-state index is -0.683. The van der Waals surface area contributed by atoms with Crippen LogP contribution in [0.25, 0.3) is 32.9 Å². The molecular weight excluding hydrogens is 600 g/mol. The molecule has 0 spiro atoms. The van der Waals surface area contributed by atoms with Crippen LogP contribution in [-0.2, 0) is 6.42 Å². The number of anilines is 1. The number of aliphatic hydroxyl groups is 1. The van der Waals surface area contributed by atoms with Crippen molar-refractivity contribution >= 4 is 27.5 Å². The van der Waals surface area contributed by atoms with Gasteiger partial charge >= 0.3 is 6.01 Å². The summed E-state index contributed by atoms with van der Waals surface area (Å²) >= 11 is 0. The van der Waals surface area contributed by atoms with Crippen LogP contribution >= 0.6 is 0 Å². The number of fused-ring (bicyclic) bond motifs is 3. The summed E-state index contributed by atoms with van der Waals surface area (Å²) in [6, 6.07) is 6.55. The summed E-state index contributed by atoms with van der Waals surface area (Å²) in [6.07, 6.45) is 11.2. The second-order valence-electron chi connectivity index (χ2n) is 14.3. The van der Waals surface area contributed by atoms with Crippen molar-refractivity contribution < 1.29 is 23.7 Å². The molecule has 3 unspecified atom stereocenters. The number of hydrogen-bond donors (Lipinski definition) is 2. The zero-order valence-electron chi connectivity index (χ0n) is 27.0. The summed E-state index contributed by atoms with van der Waals surface area (Å²) in [6.45, 7) is 5.67. The van der Waals surface area contributed by atoms with Gasteiger partial charge in [-0.3, -0.25) is 9.88 Å². The van der Waals surface area contributed by atoms with Crippen molar-refractivity contribution in [3.8, 4) is 23.0 Å². The lowest BCUT2D eigenvalue weighted by Gasteiger charge is -2.46. The molecule has 0 bridgehead atoms. The number of nitrogens with zero attached hydrogens (tertiary/aromatic N) is 5. The average molecular weight is 644 g/mol. The molecule has 2 aliphatic carbocycles.